The molecule has 1 saturated carbocycles. The predicted octanol–water partition coefficient (Wildman–Crippen LogP) is 4.14. The Bertz CT molecular complexity index is 327. The summed E-state index contributed by atoms with van der Waals surface area (Å²) in [7, 11) is 0. The molecule has 2 heteroatoms. The van der Waals surface area contributed by atoms with Crippen molar-refractivity contribution in [3.63, 3.8) is 0 Å². The Balaban J connectivity index is 2.10. The highest BCUT2D eigenvalue weighted by atomic mass is 32.1. The van der Waals surface area contributed by atoms with Crippen LogP contribution in [0.25, 0.3) is 0 Å². The summed E-state index contributed by atoms with van der Waals surface area (Å²) in [5, 5.41) is 5.97. The van der Waals surface area contributed by atoms with Crippen molar-refractivity contribution in [3.8, 4) is 0 Å². The van der Waals surface area contributed by atoms with Crippen molar-refractivity contribution in [2.45, 2.75) is 46.1 Å². The van der Waals surface area contributed by atoms with Crippen molar-refractivity contribution in [1.82, 2.24) is 5.32 Å². The van der Waals surface area contributed by atoms with Crippen LogP contribution in [0.15, 0.2) is 11.4 Å². The molecule has 2 atom stereocenters. The summed E-state index contributed by atoms with van der Waals surface area (Å²) in [5.74, 6) is 1.76. The Hall–Kier alpha value is -0.340. The van der Waals surface area contributed by atoms with Gasteiger partial charge in [0, 0.05) is 10.9 Å². The third-order valence-electron chi connectivity index (χ3n) is 3.69. The molecule has 0 spiro atoms. The van der Waals surface area contributed by atoms with Crippen LogP contribution in [-0.4, -0.2) is 6.54 Å². The van der Waals surface area contributed by atoms with Crippen LogP contribution in [0.2, 0.25) is 0 Å². The number of thiophene rings is 1. The summed E-state index contributed by atoms with van der Waals surface area (Å²) in [5.41, 5.74) is 1.46. The maximum absolute atomic E-state index is 3.74. The van der Waals surface area contributed by atoms with E-state index < -0.39 is 0 Å². The summed E-state index contributed by atoms with van der Waals surface area (Å²) >= 11 is 1.92. The van der Waals surface area contributed by atoms with Gasteiger partial charge in [-0.25, -0.2) is 0 Å². The van der Waals surface area contributed by atoms with Gasteiger partial charge in [0.25, 0.3) is 0 Å². The van der Waals surface area contributed by atoms with Gasteiger partial charge < -0.3 is 5.32 Å². The van der Waals surface area contributed by atoms with E-state index in [1.54, 1.807) is 4.88 Å². The van der Waals surface area contributed by atoms with Gasteiger partial charge in [-0.3, -0.25) is 0 Å². The maximum Gasteiger partial charge on any atom is 0.0446 e. The molecule has 0 bridgehead atoms. The lowest BCUT2D eigenvalue weighted by atomic mass is 9.94. The van der Waals surface area contributed by atoms with Gasteiger partial charge in [-0.2, -0.15) is 0 Å². The van der Waals surface area contributed by atoms with Crippen molar-refractivity contribution < 1.29 is 0 Å². The maximum atomic E-state index is 3.74. The fourth-order valence-electron chi connectivity index (χ4n) is 2.41. The minimum atomic E-state index is 0.590. The number of hydrogen-bond donors (Lipinski definition) is 1. The molecule has 0 aromatic carbocycles. The van der Waals surface area contributed by atoms with Crippen molar-refractivity contribution in [3.05, 3.63) is 21.9 Å². The first-order chi connectivity index (χ1) is 7.74. The molecule has 1 aromatic rings. The number of hydrogen-bond acceptors (Lipinski definition) is 2. The third-order valence-corrected chi connectivity index (χ3v) is 4.79. The van der Waals surface area contributed by atoms with E-state index in [1.165, 1.54) is 24.8 Å². The minimum Gasteiger partial charge on any atom is -0.309 e. The molecule has 1 N–H and O–H groups in total. The van der Waals surface area contributed by atoms with E-state index in [1.807, 2.05) is 11.3 Å². The zero-order valence-electron chi connectivity index (χ0n) is 10.6. The smallest absolute Gasteiger partial charge is 0.0446 e. The molecule has 1 aliphatic rings. The lowest BCUT2D eigenvalue weighted by molar-refractivity contribution is 0.353. The van der Waals surface area contributed by atoms with Gasteiger partial charge >= 0.3 is 0 Å². The lowest BCUT2D eigenvalue weighted by Gasteiger charge is -2.25. The largest absolute Gasteiger partial charge is 0.309 e. The minimum absolute atomic E-state index is 0.590. The molecule has 0 radical (unpaired) electrons. The molecule has 90 valence electrons. The molecule has 1 aromatic heterocycles. The summed E-state index contributed by atoms with van der Waals surface area (Å²) in [6.07, 6.45) is 4.10. The fourth-order valence-corrected chi connectivity index (χ4v) is 3.53. The Morgan fingerprint density at radius 1 is 1.50 bits per heavy atom. The number of nitrogens with one attached hydrogen (secondary N) is 1. The molecule has 1 nitrogen and oxygen atoms in total. The van der Waals surface area contributed by atoms with Gasteiger partial charge in [-0.05, 0) is 61.6 Å². The Labute approximate surface area is 103 Å². The lowest BCUT2D eigenvalue weighted by Crippen LogP contribution is -2.28. The second kappa shape index (κ2) is 5.33. The monoisotopic (exact) mass is 237 g/mol. The average Bonchev–Trinajstić information content (AvgIpc) is 3.04. The van der Waals surface area contributed by atoms with Crippen molar-refractivity contribution in [2.75, 3.05) is 6.54 Å². The Morgan fingerprint density at radius 2 is 2.25 bits per heavy atom. The van der Waals surface area contributed by atoms with E-state index in [-0.39, 0.29) is 0 Å². The quantitative estimate of drug-likeness (QED) is 0.784. The highest BCUT2D eigenvalue weighted by molar-refractivity contribution is 7.10. The van der Waals surface area contributed by atoms with Gasteiger partial charge in [0.15, 0.2) is 0 Å². The van der Waals surface area contributed by atoms with Crippen LogP contribution in [-0.2, 0) is 0 Å². The second-order valence-corrected chi connectivity index (χ2v) is 6.04. The third kappa shape index (κ3) is 2.67. The van der Waals surface area contributed by atoms with Crippen LogP contribution in [0, 0.1) is 18.8 Å². The van der Waals surface area contributed by atoms with Gasteiger partial charge in [0.2, 0.25) is 0 Å². The van der Waals surface area contributed by atoms with Gasteiger partial charge in [-0.1, -0.05) is 13.8 Å². The zero-order chi connectivity index (χ0) is 11.5. The van der Waals surface area contributed by atoms with Crippen LogP contribution in [0.5, 0.6) is 0 Å². The molecule has 1 aliphatic carbocycles. The first-order valence-electron chi connectivity index (χ1n) is 6.51. The SMILES string of the molecule is CCCNC(c1sccc1C)C(C)C1CC1. The highest BCUT2D eigenvalue weighted by Crippen LogP contribution is 2.44. The van der Waals surface area contributed by atoms with Gasteiger partial charge in [0.05, 0.1) is 0 Å². The van der Waals surface area contributed by atoms with E-state index >= 15 is 0 Å². The van der Waals surface area contributed by atoms with Gasteiger partial charge in [-0.15, -0.1) is 11.3 Å². The molecule has 0 saturated heterocycles. The highest BCUT2D eigenvalue weighted by Gasteiger charge is 2.34. The number of aryl methyl sites for hydroxylation is 1. The van der Waals surface area contributed by atoms with Crippen molar-refractivity contribution >= 4 is 11.3 Å². The molecule has 1 heterocycles. The topological polar surface area (TPSA) is 12.0 Å². The van der Waals surface area contributed by atoms with E-state index in [9.17, 15) is 0 Å². The summed E-state index contributed by atoms with van der Waals surface area (Å²) < 4.78 is 0. The summed E-state index contributed by atoms with van der Waals surface area (Å²) in [6.45, 7) is 8.04. The Kier molecular flexibility index (Phi) is 4.04. The molecule has 2 rings (SSSR count). The van der Waals surface area contributed by atoms with Crippen LogP contribution in [0.4, 0.5) is 0 Å². The zero-order valence-corrected chi connectivity index (χ0v) is 11.4. The van der Waals surface area contributed by atoms with E-state index in [4.69, 9.17) is 0 Å². The first-order valence-corrected chi connectivity index (χ1v) is 7.39. The van der Waals surface area contributed by atoms with Crippen LogP contribution in [0.1, 0.15) is 49.6 Å². The molecule has 16 heavy (non-hydrogen) atoms. The molecule has 0 amide bonds. The standard InChI is InChI=1S/C14H23NS/c1-4-8-15-13(11(3)12-5-6-12)14-10(2)7-9-16-14/h7,9,11-13,15H,4-6,8H2,1-3H3. The molecule has 2 unspecified atom stereocenters. The number of rotatable bonds is 6. The fraction of sp³-hybridized carbons (Fsp3) is 0.714. The summed E-state index contributed by atoms with van der Waals surface area (Å²) in [4.78, 5) is 1.56. The normalized spacial score (nSPS) is 19.7. The Morgan fingerprint density at radius 3 is 2.75 bits per heavy atom. The molecule has 1 fully saturated rings. The van der Waals surface area contributed by atoms with Crippen molar-refractivity contribution in [1.29, 1.82) is 0 Å². The van der Waals surface area contributed by atoms with Crippen LogP contribution < -0.4 is 5.32 Å². The van der Waals surface area contributed by atoms with Crippen LogP contribution >= 0.6 is 11.3 Å². The molecule has 0 aliphatic heterocycles. The molecular formula is C14H23NS. The van der Waals surface area contributed by atoms with E-state index in [0.29, 0.717) is 6.04 Å². The van der Waals surface area contributed by atoms with Gasteiger partial charge in [0.1, 0.15) is 0 Å². The van der Waals surface area contributed by atoms with E-state index in [2.05, 4.69) is 37.5 Å². The van der Waals surface area contributed by atoms with Crippen molar-refractivity contribution in [2.24, 2.45) is 11.8 Å². The average molecular weight is 237 g/mol. The second-order valence-electron chi connectivity index (χ2n) is 5.10. The predicted molar refractivity (Wildman–Crippen MR) is 72.0 cm³/mol. The van der Waals surface area contributed by atoms with Crippen LogP contribution in [0.3, 0.4) is 0 Å². The molecular weight excluding hydrogens is 214 g/mol. The van der Waals surface area contributed by atoms with E-state index in [0.717, 1.165) is 18.4 Å². The first kappa shape index (κ1) is 12.1. The summed E-state index contributed by atoms with van der Waals surface area (Å²) in [6, 6.07) is 2.84.